The second-order valence-electron chi connectivity index (χ2n) is 1.84. The molecular weight excluding hydrogens is 338 g/mol. The first kappa shape index (κ1) is 22.2. The van der Waals surface area contributed by atoms with Crippen molar-refractivity contribution in [2.75, 3.05) is 11.8 Å². The third kappa shape index (κ3) is 24.3. The van der Waals surface area contributed by atoms with Crippen LogP contribution in [0.1, 0.15) is 0 Å². The van der Waals surface area contributed by atoms with Gasteiger partial charge in [-0.15, -0.1) is 23.2 Å². The summed E-state index contributed by atoms with van der Waals surface area (Å²) in [5.41, 5.74) is 0. The average Bonchev–Trinajstić information content (AvgIpc) is 2.37. The molecular formula is C6H8Cl4N2O6. The molecule has 12 heteroatoms. The van der Waals surface area contributed by atoms with Gasteiger partial charge in [0.05, 0.1) is 0 Å². The van der Waals surface area contributed by atoms with E-state index in [4.69, 9.17) is 67.0 Å². The lowest BCUT2D eigenvalue weighted by Crippen LogP contribution is -1.97. The van der Waals surface area contributed by atoms with Crippen LogP contribution in [0.25, 0.3) is 0 Å². The Labute approximate surface area is 121 Å². The van der Waals surface area contributed by atoms with Crippen molar-refractivity contribution in [2.24, 2.45) is 10.3 Å². The minimum Gasteiger partial charge on any atom is -0.480 e. The molecule has 0 fully saturated rings. The van der Waals surface area contributed by atoms with E-state index in [9.17, 15) is 9.59 Å². The van der Waals surface area contributed by atoms with Crippen LogP contribution in [0.2, 0.25) is 0 Å². The number of alkyl halides is 2. The number of hydrogen-bond acceptors (Lipinski definition) is 6. The Morgan fingerprint density at radius 1 is 0.833 bits per heavy atom. The van der Waals surface area contributed by atoms with Gasteiger partial charge in [-0.25, -0.2) is 0 Å². The highest BCUT2D eigenvalue weighted by Gasteiger charge is 2.00. The maximum Gasteiger partial charge on any atom is 0.318 e. The van der Waals surface area contributed by atoms with Crippen molar-refractivity contribution in [3.8, 4) is 0 Å². The zero-order valence-corrected chi connectivity index (χ0v) is 11.4. The molecule has 0 atom stereocenters. The van der Waals surface area contributed by atoms with Gasteiger partial charge in [-0.05, 0) is 0 Å². The molecule has 4 N–H and O–H groups in total. The second kappa shape index (κ2) is 16.0. The van der Waals surface area contributed by atoms with Crippen LogP contribution >= 0.6 is 46.4 Å². The average molecular weight is 346 g/mol. The fourth-order valence-electron chi connectivity index (χ4n) is 0.0825. The summed E-state index contributed by atoms with van der Waals surface area (Å²) in [5.74, 6) is -2.57. The third-order valence-electron chi connectivity index (χ3n) is 0.574. The summed E-state index contributed by atoms with van der Waals surface area (Å²) in [6, 6.07) is 0. The number of halogens is 4. The zero-order valence-electron chi connectivity index (χ0n) is 8.43. The maximum absolute atomic E-state index is 9.24. The highest BCUT2D eigenvalue weighted by molar-refractivity contribution is 7.00. The zero-order chi connectivity index (χ0) is 15.1. The molecule has 0 radical (unpaired) electrons. The van der Waals surface area contributed by atoms with Crippen LogP contribution in [0.5, 0.6) is 0 Å². The fourth-order valence-corrected chi connectivity index (χ4v) is 0.158. The summed E-state index contributed by atoms with van der Waals surface area (Å²) in [5, 5.41) is 34.7. The van der Waals surface area contributed by atoms with Gasteiger partial charge in [0.1, 0.15) is 11.8 Å². The molecule has 8 nitrogen and oxygen atoms in total. The monoisotopic (exact) mass is 344 g/mol. The Kier molecular flexibility index (Phi) is 19.8. The van der Waals surface area contributed by atoms with E-state index in [1.54, 1.807) is 0 Å². The first-order chi connectivity index (χ1) is 8.26. The molecule has 18 heavy (non-hydrogen) atoms. The van der Waals surface area contributed by atoms with E-state index in [-0.39, 0.29) is 11.8 Å². The fraction of sp³-hybridized carbons (Fsp3) is 0.333. The molecule has 0 saturated heterocycles. The first-order valence-electron chi connectivity index (χ1n) is 3.57. The minimum absolute atomic E-state index is 0.306. The van der Waals surface area contributed by atoms with Crippen LogP contribution in [0.15, 0.2) is 10.3 Å². The van der Waals surface area contributed by atoms with Crippen molar-refractivity contribution in [3.05, 3.63) is 0 Å². The molecule has 0 saturated carbocycles. The van der Waals surface area contributed by atoms with Gasteiger partial charge in [-0.2, -0.15) is 0 Å². The summed E-state index contributed by atoms with van der Waals surface area (Å²) < 4.78 is 0. The van der Waals surface area contributed by atoms with Crippen LogP contribution in [0.3, 0.4) is 0 Å². The van der Waals surface area contributed by atoms with E-state index < -0.39 is 22.3 Å². The highest BCUT2D eigenvalue weighted by atomic mass is 35.5. The Morgan fingerprint density at radius 3 is 1.06 bits per heavy atom. The summed E-state index contributed by atoms with van der Waals surface area (Å²) >= 11 is 19.5. The Hall–Kier alpha value is -0.960. The molecule has 0 unspecified atom stereocenters. The molecule has 0 aromatic carbocycles. The van der Waals surface area contributed by atoms with Crippen molar-refractivity contribution in [3.63, 3.8) is 0 Å². The van der Waals surface area contributed by atoms with Gasteiger partial charge in [0.2, 0.25) is 10.3 Å². The SMILES string of the molecule is O=C(O)CCl.O=C(O)CCl.ON=C(Cl)C(Cl)=NO. The number of carboxylic acids is 2. The summed E-state index contributed by atoms with van der Waals surface area (Å²) in [6.45, 7) is 0. The van der Waals surface area contributed by atoms with E-state index in [1.165, 1.54) is 0 Å². The topological polar surface area (TPSA) is 140 Å². The molecule has 0 amide bonds. The molecule has 0 aliphatic rings. The van der Waals surface area contributed by atoms with E-state index in [1.807, 2.05) is 0 Å². The van der Waals surface area contributed by atoms with Gasteiger partial charge in [-0.3, -0.25) is 9.59 Å². The number of nitrogens with zero attached hydrogens (tertiary/aromatic N) is 2. The number of rotatable bonds is 3. The minimum atomic E-state index is -0.980. The number of hydrogen-bond donors (Lipinski definition) is 4. The van der Waals surface area contributed by atoms with Crippen molar-refractivity contribution < 1.29 is 30.2 Å². The van der Waals surface area contributed by atoms with Crippen LogP contribution in [0, 0.1) is 0 Å². The van der Waals surface area contributed by atoms with E-state index in [2.05, 4.69) is 10.3 Å². The summed E-state index contributed by atoms with van der Waals surface area (Å²) in [6.07, 6.45) is 0. The van der Waals surface area contributed by atoms with Crippen LogP contribution in [-0.4, -0.2) is 54.7 Å². The molecule has 106 valence electrons. The van der Waals surface area contributed by atoms with Gasteiger partial charge in [0, 0.05) is 0 Å². The Morgan fingerprint density at radius 2 is 1.00 bits per heavy atom. The Bertz CT molecular complexity index is 278. The molecule has 0 rings (SSSR count). The summed E-state index contributed by atoms with van der Waals surface area (Å²) in [7, 11) is 0. The van der Waals surface area contributed by atoms with Crippen molar-refractivity contribution in [2.45, 2.75) is 0 Å². The standard InChI is InChI=1S/C2H2Cl2N2O2.2C2H3ClO2/c3-1(5-7)2(4)6-8;2*3-1-2(4)5/h7-8H;2*1H2,(H,4,5). The lowest BCUT2D eigenvalue weighted by molar-refractivity contribution is -0.135. The lowest BCUT2D eigenvalue weighted by atomic mass is 10.8. The van der Waals surface area contributed by atoms with Gasteiger partial charge in [0.25, 0.3) is 0 Å². The van der Waals surface area contributed by atoms with Crippen molar-refractivity contribution in [1.82, 2.24) is 0 Å². The molecule has 0 aliphatic carbocycles. The molecule has 0 spiro atoms. The van der Waals surface area contributed by atoms with Gasteiger partial charge >= 0.3 is 11.9 Å². The van der Waals surface area contributed by atoms with E-state index in [0.29, 0.717) is 0 Å². The Balaban J connectivity index is -0.000000197. The number of aliphatic carboxylic acids is 2. The van der Waals surface area contributed by atoms with Gasteiger partial charge < -0.3 is 20.6 Å². The molecule has 0 bridgehead atoms. The second-order valence-corrected chi connectivity index (χ2v) is 3.09. The molecule has 0 aliphatic heterocycles. The molecule has 0 heterocycles. The normalized spacial score (nSPS) is 10.4. The number of carbonyl (C=O) groups is 2. The highest BCUT2D eigenvalue weighted by Crippen LogP contribution is 1.93. The number of carboxylic acid groups (broad SMARTS) is 2. The van der Waals surface area contributed by atoms with E-state index >= 15 is 0 Å². The van der Waals surface area contributed by atoms with Crippen molar-refractivity contribution in [1.29, 1.82) is 0 Å². The van der Waals surface area contributed by atoms with Gasteiger partial charge in [-0.1, -0.05) is 33.5 Å². The maximum atomic E-state index is 9.24. The van der Waals surface area contributed by atoms with Crippen LogP contribution in [-0.2, 0) is 9.59 Å². The predicted octanol–water partition coefficient (Wildman–Crippen LogP) is 1.66. The van der Waals surface area contributed by atoms with Gasteiger partial charge in [0.15, 0.2) is 0 Å². The van der Waals surface area contributed by atoms with E-state index in [0.717, 1.165) is 0 Å². The third-order valence-corrected chi connectivity index (χ3v) is 1.64. The van der Waals surface area contributed by atoms with Crippen LogP contribution < -0.4 is 0 Å². The quantitative estimate of drug-likeness (QED) is 0.265. The van der Waals surface area contributed by atoms with Crippen molar-refractivity contribution >= 4 is 68.7 Å². The first-order valence-corrected chi connectivity index (χ1v) is 5.40. The summed E-state index contributed by atoms with van der Waals surface area (Å²) in [4.78, 5) is 18.5. The molecule has 0 aromatic heterocycles. The number of oxime groups is 2. The largest absolute Gasteiger partial charge is 0.480 e. The molecule has 0 aromatic rings. The van der Waals surface area contributed by atoms with Crippen LogP contribution in [0.4, 0.5) is 0 Å². The predicted molar refractivity (Wildman–Crippen MR) is 66.9 cm³/mol. The smallest absolute Gasteiger partial charge is 0.318 e. The lowest BCUT2D eigenvalue weighted by Gasteiger charge is -1.83.